The predicted molar refractivity (Wildman–Crippen MR) is 112 cm³/mol. The van der Waals surface area contributed by atoms with E-state index in [1.54, 1.807) is 0 Å². The first-order valence-electron chi connectivity index (χ1n) is 9.52. The van der Waals surface area contributed by atoms with Crippen molar-refractivity contribution in [2.45, 2.75) is 25.9 Å². The van der Waals surface area contributed by atoms with Crippen molar-refractivity contribution in [1.82, 2.24) is 0 Å². The number of anilines is 1. The minimum Gasteiger partial charge on any atom is -0.491 e. The lowest BCUT2D eigenvalue weighted by Gasteiger charge is -2.18. The Labute approximate surface area is 162 Å². The van der Waals surface area contributed by atoms with Crippen LogP contribution in [0.1, 0.15) is 18.9 Å². The Morgan fingerprint density at radius 3 is 2.26 bits per heavy atom. The molecule has 1 atom stereocenters. The van der Waals surface area contributed by atoms with E-state index in [0.29, 0.717) is 13.2 Å². The lowest BCUT2D eigenvalue weighted by molar-refractivity contribution is 0.234. The van der Waals surface area contributed by atoms with Crippen LogP contribution in [0.3, 0.4) is 0 Å². The molecule has 1 N–H and O–H groups in total. The molecule has 0 bridgehead atoms. The molecule has 0 amide bonds. The Bertz CT molecular complexity index is 790. The summed E-state index contributed by atoms with van der Waals surface area (Å²) in [4.78, 5) is 0. The molecule has 0 aromatic heterocycles. The Morgan fingerprint density at radius 2 is 1.48 bits per heavy atom. The SMILES string of the molecule is CC(CNc1ccccc1OCCCc1ccccc1)Oc1ccccc1. The van der Waals surface area contributed by atoms with Crippen LogP contribution in [0, 0.1) is 0 Å². The molecular weight excluding hydrogens is 334 g/mol. The van der Waals surface area contributed by atoms with Crippen molar-refractivity contribution in [3.05, 3.63) is 90.5 Å². The maximum atomic E-state index is 6.01. The number of rotatable bonds is 10. The van der Waals surface area contributed by atoms with Gasteiger partial charge >= 0.3 is 0 Å². The highest BCUT2D eigenvalue weighted by Gasteiger charge is 2.07. The molecule has 0 aliphatic carbocycles. The molecule has 0 fully saturated rings. The third-order valence-electron chi connectivity index (χ3n) is 4.26. The van der Waals surface area contributed by atoms with Gasteiger partial charge in [-0.15, -0.1) is 0 Å². The van der Waals surface area contributed by atoms with Crippen LogP contribution in [0.5, 0.6) is 11.5 Å². The van der Waals surface area contributed by atoms with Gasteiger partial charge < -0.3 is 14.8 Å². The first-order valence-corrected chi connectivity index (χ1v) is 9.52. The van der Waals surface area contributed by atoms with Crippen LogP contribution in [-0.4, -0.2) is 19.3 Å². The van der Waals surface area contributed by atoms with Crippen molar-refractivity contribution in [3.8, 4) is 11.5 Å². The fourth-order valence-electron chi connectivity index (χ4n) is 2.87. The first-order chi connectivity index (χ1) is 13.3. The van der Waals surface area contributed by atoms with E-state index in [1.165, 1.54) is 5.56 Å². The third kappa shape index (κ3) is 6.37. The van der Waals surface area contributed by atoms with Crippen LogP contribution < -0.4 is 14.8 Å². The van der Waals surface area contributed by atoms with E-state index in [4.69, 9.17) is 9.47 Å². The summed E-state index contributed by atoms with van der Waals surface area (Å²) in [7, 11) is 0. The van der Waals surface area contributed by atoms with Gasteiger partial charge in [0, 0.05) is 0 Å². The van der Waals surface area contributed by atoms with Crippen LogP contribution >= 0.6 is 0 Å². The summed E-state index contributed by atoms with van der Waals surface area (Å²) < 4.78 is 11.9. The average molecular weight is 361 g/mol. The van der Waals surface area contributed by atoms with Crippen molar-refractivity contribution < 1.29 is 9.47 Å². The van der Waals surface area contributed by atoms with Gasteiger partial charge in [0.15, 0.2) is 0 Å². The van der Waals surface area contributed by atoms with Crippen molar-refractivity contribution in [2.75, 3.05) is 18.5 Å². The summed E-state index contributed by atoms with van der Waals surface area (Å²) in [5.74, 6) is 1.77. The van der Waals surface area contributed by atoms with Crippen LogP contribution in [0.15, 0.2) is 84.9 Å². The highest BCUT2D eigenvalue weighted by molar-refractivity contribution is 5.56. The number of hydrogen-bond donors (Lipinski definition) is 1. The predicted octanol–water partition coefficient (Wildman–Crippen LogP) is 5.58. The topological polar surface area (TPSA) is 30.5 Å². The fraction of sp³-hybridized carbons (Fsp3) is 0.250. The second-order valence-electron chi connectivity index (χ2n) is 6.56. The molecule has 0 saturated carbocycles. The average Bonchev–Trinajstić information content (AvgIpc) is 2.72. The minimum absolute atomic E-state index is 0.0542. The van der Waals surface area contributed by atoms with Gasteiger partial charge in [0.1, 0.15) is 17.6 Å². The van der Waals surface area contributed by atoms with Gasteiger partial charge in [-0.3, -0.25) is 0 Å². The molecule has 0 spiro atoms. The Morgan fingerprint density at radius 1 is 0.815 bits per heavy atom. The fourth-order valence-corrected chi connectivity index (χ4v) is 2.87. The number of para-hydroxylation sites is 3. The van der Waals surface area contributed by atoms with E-state index in [-0.39, 0.29) is 6.10 Å². The van der Waals surface area contributed by atoms with E-state index < -0.39 is 0 Å². The molecule has 3 aromatic carbocycles. The molecule has 27 heavy (non-hydrogen) atoms. The van der Waals surface area contributed by atoms with Gasteiger partial charge in [0.2, 0.25) is 0 Å². The monoisotopic (exact) mass is 361 g/mol. The summed E-state index contributed by atoms with van der Waals surface area (Å²) in [6.45, 7) is 3.46. The van der Waals surface area contributed by atoms with Gasteiger partial charge in [-0.25, -0.2) is 0 Å². The van der Waals surface area contributed by atoms with Crippen molar-refractivity contribution in [2.24, 2.45) is 0 Å². The molecule has 3 rings (SSSR count). The Balaban J connectivity index is 1.45. The molecule has 0 radical (unpaired) electrons. The molecule has 3 aromatic rings. The third-order valence-corrected chi connectivity index (χ3v) is 4.26. The van der Waals surface area contributed by atoms with Crippen LogP contribution in [0.4, 0.5) is 5.69 Å². The zero-order chi connectivity index (χ0) is 18.7. The van der Waals surface area contributed by atoms with Gasteiger partial charge in [0.25, 0.3) is 0 Å². The summed E-state index contributed by atoms with van der Waals surface area (Å²) >= 11 is 0. The summed E-state index contributed by atoms with van der Waals surface area (Å²) in [6, 6.07) is 28.5. The molecule has 3 heteroatoms. The largest absolute Gasteiger partial charge is 0.491 e. The molecule has 0 aliphatic heterocycles. The first kappa shape index (κ1) is 18.8. The van der Waals surface area contributed by atoms with Crippen LogP contribution in [-0.2, 0) is 6.42 Å². The molecule has 0 saturated heterocycles. The zero-order valence-electron chi connectivity index (χ0n) is 15.8. The zero-order valence-corrected chi connectivity index (χ0v) is 15.8. The number of ether oxygens (including phenoxy) is 2. The maximum Gasteiger partial charge on any atom is 0.142 e. The lowest BCUT2D eigenvalue weighted by atomic mass is 10.1. The van der Waals surface area contributed by atoms with Gasteiger partial charge in [-0.1, -0.05) is 60.7 Å². The summed E-state index contributed by atoms with van der Waals surface area (Å²) in [5, 5.41) is 3.44. The van der Waals surface area contributed by atoms with Gasteiger partial charge in [0.05, 0.1) is 18.8 Å². The molecule has 0 heterocycles. The van der Waals surface area contributed by atoms with Crippen LogP contribution in [0.2, 0.25) is 0 Å². The minimum atomic E-state index is 0.0542. The second-order valence-corrected chi connectivity index (χ2v) is 6.56. The Hall–Kier alpha value is -2.94. The number of nitrogens with one attached hydrogen (secondary N) is 1. The summed E-state index contributed by atoms with van der Waals surface area (Å²) in [5.41, 5.74) is 2.35. The normalized spacial score (nSPS) is 11.6. The van der Waals surface area contributed by atoms with Crippen molar-refractivity contribution in [3.63, 3.8) is 0 Å². The Kier molecular flexibility index (Phi) is 7.16. The standard InChI is InChI=1S/C24H27NO2/c1-20(27-22-14-6-3-7-15-22)19-25-23-16-8-9-17-24(23)26-18-10-13-21-11-4-2-5-12-21/h2-9,11-12,14-17,20,25H,10,13,18-19H2,1H3. The van der Waals surface area contributed by atoms with Gasteiger partial charge in [-0.2, -0.15) is 0 Å². The highest BCUT2D eigenvalue weighted by Crippen LogP contribution is 2.24. The second kappa shape index (κ2) is 10.3. The number of benzene rings is 3. The van der Waals surface area contributed by atoms with E-state index in [0.717, 1.165) is 30.0 Å². The van der Waals surface area contributed by atoms with Crippen LogP contribution in [0.25, 0.3) is 0 Å². The van der Waals surface area contributed by atoms with E-state index in [1.807, 2.05) is 60.7 Å². The smallest absolute Gasteiger partial charge is 0.142 e. The highest BCUT2D eigenvalue weighted by atomic mass is 16.5. The molecular formula is C24H27NO2. The summed E-state index contributed by atoms with van der Waals surface area (Å²) in [6.07, 6.45) is 2.07. The molecule has 3 nitrogen and oxygen atoms in total. The molecule has 0 aliphatic rings. The molecule has 140 valence electrons. The molecule has 1 unspecified atom stereocenters. The maximum absolute atomic E-state index is 6.01. The number of hydrogen-bond acceptors (Lipinski definition) is 3. The van der Waals surface area contributed by atoms with E-state index >= 15 is 0 Å². The van der Waals surface area contributed by atoms with Gasteiger partial charge in [-0.05, 0) is 49.6 Å². The van der Waals surface area contributed by atoms with E-state index in [2.05, 4.69) is 36.5 Å². The quantitative estimate of drug-likeness (QED) is 0.478. The van der Waals surface area contributed by atoms with Crippen molar-refractivity contribution >= 4 is 5.69 Å². The lowest BCUT2D eigenvalue weighted by Crippen LogP contribution is -2.22. The van der Waals surface area contributed by atoms with E-state index in [9.17, 15) is 0 Å². The van der Waals surface area contributed by atoms with Crippen molar-refractivity contribution in [1.29, 1.82) is 0 Å². The number of aryl methyl sites for hydroxylation is 1.